The van der Waals surface area contributed by atoms with Crippen molar-refractivity contribution >= 4 is 17.5 Å². The number of nitrogens with one attached hydrogen (secondary N) is 2. The van der Waals surface area contributed by atoms with Crippen LogP contribution in [0.25, 0.3) is 0 Å². The van der Waals surface area contributed by atoms with E-state index < -0.39 is 6.29 Å². The Hall–Kier alpha value is -3.60. The van der Waals surface area contributed by atoms with Gasteiger partial charge in [0.15, 0.2) is 6.29 Å². The number of ether oxygens (including phenoxy) is 2. The maximum Gasteiger partial charge on any atom is 0.243 e. The van der Waals surface area contributed by atoms with E-state index in [1.54, 1.807) is 5.48 Å². The Balaban J connectivity index is 1.38. The highest BCUT2D eigenvalue weighted by Gasteiger charge is 2.33. The van der Waals surface area contributed by atoms with Gasteiger partial charge in [-0.05, 0) is 48.7 Å². The second kappa shape index (κ2) is 16.9. The van der Waals surface area contributed by atoms with Gasteiger partial charge in [0, 0.05) is 43.6 Å². The molecule has 1 aliphatic heterocycles. The van der Waals surface area contributed by atoms with Crippen molar-refractivity contribution in [2.45, 2.75) is 76.6 Å². The molecule has 0 aliphatic carbocycles. The van der Waals surface area contributed by atoms with E-state index in [-0.39, 0.29) is 37.0 Å². The Morgan fingerprint density at radius 3 is 2.26 bits per heavy atom. The molecule has 9 heteroatoms. The topological polar surface area (TPSA) is 120 Å². The number of aliphatic hydroxyl groups excluding tert-OH is 1. The number of hydroxylamine groups is 1. The molecule has 2 amide bonds. The maximum absolute atomic E-state index is 12.6. The van der Waals surface area contributed by atoms with Gasteiger partial charge < -0.3 is 19.9 Å². The van der Waals surface area contributed by atoms with Gasteiger partial charge in [-0.25, -0.2) is 5.48 Å². The van der Waals surface area contributed by atoms with E-state index in [1.807, 2.05) is 66.7 Å². The molecule has 0 unspecified atom stereocenters. The number of hydrogen-bond donors (Lipinski definition) is 4. The zero-order chi connectivity index (χ0) is 30.4. The monoisotopic (exact) mass is 589 g/mol. The fourth-order valence-electron chi connectivity index (χ4n) is 5.31. The second-order valence-electron chi connectivity index (χ2n) is 11.2. The van der Waals surface area contributed by atoms with Gasteiger partial charge in [0.2, 0.25) is 11.8 Å². The van der Waals surface area contributed by atoms with E-state index in [9.17, 15) is 14.7 Å². The molecule has 3 atom stereocenters. The molecule has 1 fully saturated rings. The van der Waals surface area contributed by atoms with Gasteiger partial charge in [0.05, 0.1) is 18.8 Å². The Kier molecular flexibility index (Phi) is 12.7. The van der Waals surface area contributed by atoms with E-state index in [2.05, 4.69) is 29.4 Å². The summed E-state index contributed by atoms with van der Waals surface area (Å²) in [6.45, 7) is 1.52. The van der Waals surface area contributed by atoms with Gasteiger partial charge in [-0.3, -0.25) is 19.7 Å². The summed E-state index contributed by atoms with van der Waals surface area (Å²) in [6, 6.07) is 25.8. The van der Waals surface area contributed by atoms with Crippen molar-refractivity contribution < 1.29 is 29.4 Å². The number of benzene rings is 3. The number of anilines is 1. The first-order valence-corrected chi connectivity index (χ1v) is 15.0. The van der Waals surface area contributed by atoms with E-state index in [4.69, 9.17) is 14.7 Å². The average Bonchev–Trinajstić information content (AvgIpc) is 3.03. The highest BCUT2D eigenvalue weighted by Crippen LogP contribution is 2.38. The number of rotatable bonds is 15. The highest BCUT2D eigenvalue weighted by molar-refractivity contribution is 5.90. The van der Waals surface area contributed by atoms with Crippen molar-refractivity contribution in [1.82, 2.24) is 10.4 Å². The van der Waals surface area contributed by atoms with Crippen LogP contribution in [0.15, 0.2) is 78.9 Å². The minimum Gasteiger partial charge on any atom is -0.392 e. The van der Waals surface area contributed by atoms with Crippen molar-refractivity contribution in [3.05, 3.63) is 101 Å². The summed E-state index contributed by atoms with van der Waals surface area (Å²) < 4.78 is 13.0. The Labute approximate surface area is 253 Å². The fraction of sp³-hybridized carbons (Fsp3) is 0.412. The van der Waals surface area contributed by atoms with Crippen LogP contribution >= 0.6 is 0 Å². The lowest BCUT2D eigenvalue weighted by Gasteiger charge is -2.38. The van der Waals surface area contributed by atoms with Crippen LogP contribution < -0.4 is 10.8 Å². The van der Waals surface area contributed by atoms with Crippen molar-refractivity contribution in [2.75, 3.05) is 18.9 Å². The first-order valence-electron chi connectivity index (χ1n) is 15.0. The molecule has 0 radical (unpaired) electrons. The van der Waals surface area contributed by atoms with E-state index in [1.165, 1.54) is 5.56 Å². The highest BCUT2D eigenvalue weighted by atomic mass is 16.7. The Morgan fingerprint density at radius 1 is 0.837 bits per heavy atom. The summed E-state index contributed by atoms with van der Waals surface area (Å²) >= 11 is 0. The number of carbonyl (C=O) groups excluding carboxylic acids is 2. The summed E-state index contributed by atoms with van der Waals surface area (Å²) in [5.74, 6) is -0.460. The van der Waals surface area contributed by atoms with Gasteiger partial charge >= 0.3 is 0 Å². The molecule has 3 aromatic carbocycles. The number of aliphatic hydroxyl groups is 1. The molecular formula is C34H43N3O6. The molecule has 0 bridgehead atoms. The van der Waals surface area contributed by atoms with Crippen molar-refractivity contribution in [2.24, 2.45) is 0 Å². The van der Waals surface area contributed by atoms with Crippen LogP contribution in [-0.2, 0) is 32.2 Å². The molecule has 0 spiro atoms. The van der Waals surface area contributed by atoms with Crippen LogP contribution in [0.1, 0.15) is 79.6 Å². The molecule has 3 aromatic rings. The lowest BCUT2D eigenvalue weighted by Crippen LogP contribution is -2.37. The van der Waals surface area contributed by atoms with E-state index in [0.29, 0.717) is 24.9 Å². The third-order valence-corrected chi connectivity index (χ3v) is 7.55. The smallest absolute Gasteiger partial charge is 0.243 e. The zero-order valence-electron chi connectivity index (χ0n) is 24.8. The Bertz CT molecular complexity index is 1290. The molecule has 43 heavy (non-hydrogen) atoms. The largest absolute Gasteiger partial charge is 0.392 e. The molecule has 1 saturated heterocycles. The van der Waals surface area contributed by atoms with Crippen LogP contribution in [0, 0.1) is 0 Å². The molecule has 0 aromatic heterocycles. The standard InChI is InChI=1S/C34H43N3O6/c1-37(22-25-10-5-4-6-11-25)23-30-21-31(27-18-16-26(24-38)17-19-27)43-34(42-30)28-12-9-13-29(20-28)35-32(39)14-7-2-3-8-15-33(40)36-41/h4-6,9-13,16-20,30-31,34,38,41H,2-3,7-8,14-15,21-24H2,1H3,(H,35,39)(H,36,40)/t30-,31+,34+/m0/s1. The number of nitrogens with zero attached hydrogens (tertiary/aromatic N) is 1. The van der Waals surface area contributed by atoms with Crippen LogP contribution in [0.2, 0.25) is 0 Å². The normalized spacial score (nSPS) is 18.4. The van der Waals surface area contributed by atoms with Gasteiger partial charge in [-0.1, -0.05) is 79.6 Å². The Morgan fingerprint density at radius 2 is 1.56 bits per heavy atom. The summed E-state index contributed by atoms with van der Waals surface area (Å²) in [5.41, 5.74) is 6.26. The maximum atomic E-state index is 12.6. The van der Waals surface area contributed by atoms with E-state index >= 15 is 0 Å². The summed E-state index contributed by atoms with van der Waals surface area (Å²) in [5, 5.41) is 21.0. The van der Waals surface area contributed by atoms with Crippen LogP contribution in [0.3, 0.4) is 0 Å². The zero-order valence-corrected chi connectivity index (χ0v) is 24.8. The number of amides is 2. The second-order valence-corrected chi connectivity index (χ2v) is 11.2. The summed E-state index contributed by atoms with van der Waals surface area (Å²) in [7, 11) is 2.09. The first kappa shape index (κ1) is 32.3. The number of unbranched alkanes of at least 4 members (excludes halogenated alkanes) is 3. The third kappa shape index (κ3) is 10.6. The first-order chi connectivity index (χ1) is 20.9. The van der Waals surface area contributed by atoms with Gasteiger partial charge in [-0.2, -0.15) is 0 Å². The molecule has 4 N–H and O–H groups in total. The number of carbonyl (C=O) groups is 2. The van der Waals surface area contributed by atoms with Gasteiger partial charge in [0.1, 0.15) is 0 Å². The molecule has 1 aliphatic rings. The summed E-state index contributed by atoms with van der Waals surface area (Å²) in [4.78, 5) is 26.0. The third-order valence-electron chi connectivity index (χ3n) is 7.55. The van der Waals surface area contributed by atoms with Crippen LogP contribution in [0.5, 0.6) is 0 Å². The van der Waals surface area contributed by atoms with Crippen LogP contribution in [0.4, 0.5) is 5.69 Å². The van der Waals surface area contributed by atoms with Crippen LogP contribution in [-0.4, -0.2) is 46.7 Å². The lowest BCUT2D eigenvalue weighted by atomic mass is 9.99. The predicted octanol–water partition coefficient (Wildman–Crippen LogP) is 5.64. The molecule has 1 heterocycles. The van der Waals surface area contributed by atoms with Crippen molar-refractivity contribution in [3.8, 4) is 0 Å². The average molecular weight is 590 g/mol. The van der Waals surface area contributed by atoms with E-state index in [0.717, 1.165) is 49.0 Å². The SMILES string of the molecule is CN(Cc1ccccc1)C[C@@H]1C[C@H](c2ccc(CO)cc2)O[C@H](c2cccc(NC(=O)CCCCCCC(=O)NO)c2)O1. The predicted molar refractivity (Wildman–Crippen MR) is 164 cm³/mol. The number of likely N-dealkylation sites (N-methyl/N-ethyl adjacent to an activating group) is 1. The molecular weight excluding hydrogens is 546 g/mol. The fourth-order valence-corrected chi connectivity index (χ4v) is 5.31. The lowest BCUT2D eigenvalue weighted by molar-refractivity contribution is -0.252. The molecule has 9 nitrogen and oxygen atoms in total. The molecule has 4 rings (SSSR count). The van der Waals surface area contributed by atoms with Crippen molar-refractivity contribution in [3.63, 3.8) is 0 Å². The number of hydrogen-bond acceptors (Lipinski definition) is 7. The van der Waals surface area contributed by atoms with Gasteiger partial charge in [0.25, 0.3) is 0 Å². The minimum atomic E-state index is -0.612. The molecule has 0 saturated carbocycles. The molecule has 230 valence electrons. The minimum absolute atomic E-state index is 0.00763. The summed E-state index contributed by atoms with van der Waals surface area (Å²) in [6.07, 6.45) is 3.50. The van der Waals surface area contributed by atoms with Crippen molar-refractivity contribution in [1.29, 1.82) is 0 Å². The quantitative estimate of drug-likeness (QED) is 0.103. The van der Waals surface area contributed by atoms with Gasteiger partial charge in [-0.15, -0.1) is 0 Å².